The molecule has 0 bridgehead atoms. The number of fused-ring (bicyclic) bond motifs is 1. The second kappa shape index (κ2) is 11.1. The summed E-state index contributed by atoms with van der Waals surface area (Å²) in [6, 6.07) is 6.96. The number of aryl methyl sites for hydroxylation is 2. The first-order valence-corrected chi connectivity index (χ1v) is 11.4. The lowest BCUT2D eigenvalue weighted by Gasteiger charge is -2.35. The second-order valence-corrected chi connectivity index (χ2v) is 8.35. The van der Waals surface area contributed by atoms with Crippen LogP contribution < -0.4 is 10.1 Å². The number of rotatable bonds is 9. The van der Waals surface area contributed by atoms with E-state index in [1.54, 1.807) is 24.3 Å². The molecule has 1 aliphatic heterocycles. The van der Waals surface area contributed by atoms with Crippen molar-refractivity contribution in [2.45, 2.75) is 13.8 Å². The smallest absolute Gasteiger partial charge is 0.181 e. The van der Waals surface area contributed by atoms with E-state index in [9.17, 15) is 8.78 Å². The minimum atomic E-state index is -0.428. The van der Waals surface area contributed by atoms with Gasteiger partial charge >= 0.3 is 0 Å². The lowest BCUT2D eigenvalue weighted by atomic mass is 10.2. The molecule has 2 aromatic heterocycles. The summed E-state index contributed by atoms with van der Waals surface area (Å²) in [5.41, 5.74) is 2.49. The Morgan fingerprint density at radius 3 is 2.71 bits per heavy atom. The van der Waals surface area contributed by atoms with Gasteiger partial charge in [0.25, 0.3) is 0 Å². The number of alkyl halides is 1. The lowest BCUT2D eigenvalue weighted by Crippen LogP contribution is -2.49. The highest BCUT2D eigenvalue weighted by atomic mass is 19.1. The first-order chi connectivity index (χ1) is 17.0. The molecule has 0 aliphatic carbocycles. The van der Waals surface area contributed by atoms with Crippen molar-refractivity contribution in [2.75, 3.05) is 51.4 Å². The number of ether oxygens (including phenoxy) is 1. The maximum Gasteiger partial charge on any atom is 0.181 e. The van der Waals surface area contributed by atoms with Crippen molar-refractivity contribution in [2.24, 2.45) is 9.98 Å². The maximum absolute atomic E-state index is 14.9. The van der Waals surface area contributed by atoms with Crippen molar-refractivity contribution in [1.29, 1.82) is 0 Å². The molecule has 0 unspecified atom stereocenters. The fraction of sp³-hybridized carbons (Fsp3) is 0.375. The van der Waals surface area contributed by atoms with Crippen LogP contribution in [0, 0.1) is 19.7 Å². The van der Waals surface area contributed by atoms with Gasteiger partial charge in [-0.3, -0.25) is 10.00 Å². The molecule has 4 rings (SSSR count). The highest BCUT2D eigenvalue weighted by Gasteiger charge is 2.19. The Kier molecular flexibility index (Phi) is 7.76. The number of aromatic amines is 2. The number of H-pyrrole nitrogens is 2. The molecule has 1 saturated heterocycles. The van der Waals surface area contributed by atoms with E-state index in [2.05, 4.69) is 47.0 Å². The Labute approximate surface area is 202 Å². The van der Waals surface area contributed by atoms with Crippen molar-refractivity contribution in [3.05, 3.63) is 53.4 Å². The van der Waals surface area contributed by atoms with Gasteiger partial charge in [0.15, 0.2) is 24.1 Å². The summed E-state index contributed by atoms with van der Waals surface area (Å²) in [6.45, 7) is 10.1. The van der Waals surface area contributed by atoms with Crippen LogP contribution in [-0.4, -0.2) is 83.7 Å². The van der Waals surface area contributed by atoms with Gasteiger partial charge in [0.2, 0.25) is 0 Å². The van der Waals surface area contributed by atoms with E-state index in [-0.39, 0.29) is 19.2 Å². The average Bonchev–Trinajstić information content (AvgIpc) is 3.44. The van der Waals surface area contributed by atoms with E-state index in [0.29, 0.717) is 61.1 Å². The Balaban J connectivity index is 1.53. The molecule has 1 aliphatic rings. The van der Waals surface area contributed by atoms with E-state index >= 15 is 0 Å². The molecule has 3 aromatic rings. The number of amidine groups is 1. The minimum absolute atomic E-state index is 0.0890. The molecule has 186 valence electrons. The molecule has 1 aromatic carbocycles. The van der Waals surface area contributed by atoms with E-state index < -0.39 is 5.82 Å². The number of aliphatic imine (C=N–C) groups is 2. The van der Waals surface area contributed by atoms with Crippen LogP contribution >= 0.6 is 0 Å². The van der Waals surface area contributed by atoms with Crippen molar-refractivity contribution in [1.82, 2.24) is 25.0 Å². The molecule has 0 spiro atoms. The molecule has 35 heavy (non-hydrogen) atoms. The Morgan fingerprint density at radius 1 is 1.23 bits per heavy atom. The van der Waals surface area contributed by atoms with Gasteiger partial charge in [-0.1, -0.05) is 0 Å². The van der Waals surface area contributed by atoms with E-state index in [1.165, 1.54) is 0 Å². The molecule has 3 heterocycles. The Hall–Kier alpha value is -3.73. The Bertz CT molecular complexity index is 1220. The van der Waals surface area contributed by atoms with Gasteiger partial charge in [-0.05, 0) is 38.8 Å². The van der Waals surface area contributed by atoms with E-state index in [1.807, 2.05) is 19.9 Å². The predicted octanol–water partition coefficient (Wildman–Crippen LogP) is 3.62. The summed E-state index contributed by atoms with van der Waals surface area (Å²) in [5.74, 6) is 1.36. The predicted molar refractivity (Wildman–Crippen MR) is 134 cm³/mol. The van der Waals surface area contributed by atoms with Crippen molar-refractivity contribution in [3.8, 4) is 5.75 Å². The molecule has 0 saturated carbocycles. The van der Waals surface area contributed by atoms with Gasteiger partial charge in [0.05, 0.1) is 0 Å². The molecule has 0 amide bonds. The van der Waals surface area contributed by atoms with Crippen LogP contribution in [0.3, 0.4) is 0 Å². The molecular formula is C24H30F2N8O. The third-order valence-corrected chi connectivity index (χ3v) is 5.78. The number of piperazine rings is 1. The highest BCUT2D eigenvalue weighted by molar-refractivity contribution is 5.94. The van der Waals surface area contributed by atoms with E-state index in [0.717, 1.165) is 11.4 Å². The first kappa shape index (κ1) is 24.4. The quantitative estimate of drug-likeness (QED) is 0.318. The van der Waals surface area contributed by atoms with Gasteiger partial charge in [0.1, 0.15) is 18.3 Å². The molecule has 11 heteroatoms. The zero-order valence-corrected chi connectivity index (χ0v) is 19.9. The number of aromatic nitrogens is 3. The number of nitrogens with one attached hydrogen (secondary N) is 3. The van der Waals surface area contributed by atoms with Crippen molar-refractivity contribution < 1.29 is 13.5 Å². The van der Waals surface area contributed by atoms with Gasteiger partial charge in [-0.2, -0.15) is 5.10 Å². The third-order valence-electron chi connectivity index (χ3n) is 5.78. The normalized spacial score (nSPS) is 15.6. The third kappa shape index (κ3) is 6.04. The van der Waals surface area contributed by atoms with Crippen LogP contribution in [0.5, 0.6) is 5.75 Å². The summed E-state index contributed by atoms with van der Waals surface area (Å²) < 4.78 is 33.3. The maximum atomic E-state index is 14.9. The molecule has 9 nitrogen and oxygen atoms in total. The van der Waals surface area contributed by atoms with Crippen LogP contribution in [-0.2, 0) is 0 Å². The zero-order valence-electron chi connectivity index (χ0n) is 19.9. The fourth-order valence-corrected chi connectivity index (χ4v) is 3.98. The van der Waals surface area contributed by atoms with Gasteiger partial charge in [0, 0.05) is 67.2 Å². The fourth-order valence-electron chi connectivity index (χ4n) is 3.98. The number of benzene rings is 1. The molecule has 1 fully saturated rings. The number of anilines is 1. The summed E-state index contributed by atoms with van der Waals surface area (Å²) >= 11 is 0. The summed E-state index contributed by atoms with van der Waals surface area (Å²) in [7, 11) is 0. The number of nitrogens with zero attached hydrogens (tertiary/aromatic N) is 5. The van der Waals surface area contributed by atoms with Crippen LogP contribution in [0.25, 0.3) is 10.9 Å². The monoisotopic (exact) mass is 484 g/mol. The molecule has 0 atom stereocenters. The Morgan fingerprint density at radius 2 is 2.03 bits per heavy atom. The summed E-state index contributed by atoms with van der Waals surface area (Å²) in [6.07, 6.45) is 1.75. The topological polar surface area (TPSA) is 96.9 Å². The standard InChI is InChI=1S/C24H30F2N8O/c1-16-12-18-19(29-16)4-5-20(24(18)26)35-15-28-23(34-10-8-33(7-6-25)9-11-34)14-21(27-3)30-22-13-17(2)31-32-22/h4-5,12-14,29H,3,6-11,15H2,1-2H3,(H2,30,31,32)/b21-14+,28-23+. The van der Waals surface area contributed by atoms with Gasteiger partial charge in [-0.15, -0.1) is 0 Å². The van der Waals surface area contributed by atoms with Crippen molar-refractivity contribution in [3.63, 3.8) is 0 Å². The second-order valence-electron chi connectivity index (χ2n) is 8.35. The van der Waals surface area contributed by atoms with Crippen LogP contribution in [0.15, 0.2) is 46.1 Å². The summed E-state index contributed by atoms with van der Waals surface area (Å²) in [5, 5.41) is 10.6. The average molecular weight is 485 g/mol. The zero-order chi connectivity index (χ0) is 24.8. The van der Waals surface area contributed by atoms with E-state index in [4.69, 9.17) is 4.74 Å². The largest absolute Gasteiger partial charge is 0.468 e. The van der Waals surface area contributed by atoms with Gasteiger partial charge < -0.3 is 19.9 Å². The SMILES string of the molecule is C=N/C(=C\C(=N/COc1ccc2[nH]c(C)cc2c1F)N1CCN(CCF)CC1)Nc1cc(C)[nH]n1. The lowest BCUT2D eigenvalue weighted by molar-refractivity contribution is 0.171. The number of hydrogen-bond acceptors (Lipinski definition) is 6. The van der Waals surface area contributed by atoms with Crippen LogP contribution in [0.1, 0.15) is 11.4 Å². The number of hydrogen-bond donors (Lipinski definition) is 3. The van der Waals surface area contributed by atoms with Crippen molar-refractivity contribution >= 4 is 29.3 Å². The molecule has 3 N–H and O–H groups in total. The van der Waals surface area contributed by atoms with Crippen LogP contribution in [0.4, 0.5) is 14.6 Å². The number of halogens is 2. The molecular weight excluding hydrogens is 454 g/mol. The van der Waals surface area contributed by atoms with Crippen LogP contribution in [0.2, 0.25) is 0 Å². The summed E-state index contributed by atoms with van der Waals surface area (Å²) in [4.78, 5) is 15.9. The highest BCUT2D eigenvalue weighted by Crippen LogP contribution is 2.27. The minimum Gasteiger partial charge on any atom is -0.468 e. The first-order valence-electron chi connectivity index (χ1n) is 11.4. The van der Waals surface area contributed by atoms with Gasteiger partial charge in [-0.25, -0.2) is 18.8 Å². The molecule has 0 radical (unpaired) electrons.